The lowest BCUT2D eigenvalue weighted by molar-refractivity contribution is 0.0527. The Bertz CT molecular complexity index is 619. The van der Waals surface area contributed by atoms with Crippen molar-refractivity contribution < 1.29 is 14.6 Å². The maximum absolute atomic E-state index is 11.6. The quantitative estimate of drug-likeness (QED) is 0.304. The van der Waals surface area contributed by atoms with E-state index in [1.54, 1.807) is 31.0 Å². The number of aryl methyl sites for hydroxylation is 1. The first kappa shape index (κ1) is 22.8. The van der Waals surface area contributed by atoms with E-state index in [4.69, 9.17) is 4.74 Å². The third kappa shape index (κ3) is 9.28. The van der Waals surface area contributed by atoms with Crippen LogP contribution in [-0.4, -0.2) is 58.7 Å². The molecule has 27 heavy (non-hydrogen) atoms. The first-order valence-electron chi connectivity index (χ1n) is 9.24. The number of aromatic nitrogens is 2. The molecule has 0 fully saturated rings. The van der Waals surface area contributed by atoms with Gasteiger partial charge in [-0.15, -0.1) is 0 Å². The highest BCUT2D eigenvalue weighted by molar-refractivity contribution is 5.79. The van der Waals surface area contributed by atoms with Crippen LogP contribution in [0.2, 0.25) is 0 Å². The van der Waals surface area contributed by atoms with Gasteiger partial charge in [0.25, 0.3) is 0 Å². The van der Waals surface area contributed by atoms with Crippen molar-refractivity contribution in [3.05, 3.63) is 18.0 Å². The van der Waals surface area contributed by atoms with E-state index in [9.17, 15) is 9.90 Å². The highest BCUT2D eigenvalue weighted by Crippen LogP contribution is 2.19. The van der Waals surface area contributed by atoms with E-state index in [1.165, 1.54) is 0 Å². The van der Waals surface area contributed by atoms with Gasteiger partial charge >= 0.3 is 6.09 Å². The van der Waals surface area contributed by atoms with Crippen molar-refractivity contribution in [2.45, 2.75) is 52.2 Å². The van der Waals surface area contributed by atoms with Crippen LogP contribution in [0.15, 0.2) is 17.4 Å². The molecule has 1 atom stereocenters. The molecule has 154 valence electrons. The number of rotatable bonds is 8. The summed E-state index contributed by atoms with van der Waals surface area (Å²) in [5.41, 5.74) is -0.890. The minimum atomic E-state index is -1.10. The Labute approximate surface area is 161 Å². The Balaban J connectivity index is 2.42. The van der Waals surface area contributed by atoms with E-state index < -0.39 is 17.3 Å². The number of ether oxygens (including phenoxy) is 1. The molecule has 0 saturated carbocycles. The predicted molar refractivity (Wildman–Crippen MR) is 106 cm³/mol. The Kier molecular flexibility index (Phi) is 8.55. The molecule has 1 heterocycles. The SMILES string of the molecule is CCNC(=NCC(C)(O)c1cnn(C)c1)NCCCNC(=O)OC(C)(C)C. The van der Waals surface area contributed by atoms with E-state index >= 15 is 0 Å². The van der Waals surface area contributed by atoms with E-state index in [0.29, 0.717) is 37.6 Å². The summed E-state index contributed by atoms with van der Waals surface area (Å²) in [7, 11) is 1.81. The number of hydrogen-bond donors (Lipinski definition) is 4. The van der Waals surface area contributed by atoms with Crippen molar-refractivity contribution >= 4 is 12.1 Å². The van der Waals surface area contributed by atoms with Gasteiger partial charge in [0.1, 0.15) is 11.2 Å². The molecule has 1 aromatic rings. The molecule has 4 N–H and O–H groups in total. The molecular formula is C18H34N6O3. The van der Waals surface area contributed by atoms with Gasteiger partial charge in [0, 0.05) is 38.4 Å². The largest absolute Gasteiger partial charge is 0.444 e. The van der Waals surface area contributed by atoms with Crippen LogP contribution in [0, 0.1) is 0 Å². The maximum Gasteiger partial charge on any atom is 0.407 e. The Hall–Kier alpha value is -2.29. The zero-order chi connectivity index (χ0) is 20.5. The highest BCUT2D eigenvalue weighted by Gasteiger charge is 2.24. The minimum absolute atomic E-state index is 0.199. The summed E-state index contributed by atoms with van der Waals surface area (Å²) in [6.07, 6.45) is 3.70. The number of aliphatic imine (C=N–C) groups is 1. The number of guanidine groups is 1. The van der Waals surface area contributed by atoms with Gasteiger partial charge in [-0.25, -0.2) is 9.79 Å². The fourth-order valence-electron chi connectivity index (χ4n) is 2.17. The zero-order valence-corrected chi connectivity index (χ0v) is 17.3. The van der Waals surface area contributed by atoms with E-state index in [-0.39, 0.29) is 6.54 Å². The first-order valence-corrected chi connectivity index (χ1v) is 9.24. The average molecular weight is 383 g/mol. The molecule has 9 nitrogen and oxygen atoms in total. The molecule has 0 spiro atoms. The maximum atomic E-state index is 11.6. The van der Waals surface area contributed by atoms with Gasteiger partial charge in [0.05, 0.1) is 12.7 Å². The molecule has 0 aliphatic heterocycles. The summed E-state index contributed by atoms with van der Waals surface area (Å²) < 4.78 is 6.83. The summed E-state index contributed by atoms with van der Waals surface area (Å²) in [6, 6.07) is 0. The number of carbonyl (C=O) groups is 1. The number of aliphatic hydroxyl groups is 1. The number of carbonyl (C=O) groups excluding carboxylic acids is 1. The van der Waals surface area contributed by atoms with Gasteiger partial charge in [0.15, 0.2) is 5.96 Å². The van der Waals surface area contributed by atoms with Crippen molar-refractivity contribution in [2.75, 3.05) is 26.2 Å². The second-order valence-corrected chi connectivity index (χ2v) is 7.58. The topological polar surface area (TPSA) is 113 Å². The monoisotopic (exact) mass is 382 g/mol. The molecular weight excluding hydrogens is 348 g/mol. The second kappa shape index (κ2) is 10.1. The van der Waals surface area contributed by atoms with Crippen molar-refractivity contribution in [1.82, 2.24) is 25.7 Å². The Morgan fingerprint density at radius 2 is 1.93 bits per heavy atom. The molecule has 1 aromatic heterocycles. The summed E-state index contributed by atoms with van der Waals surface area (Å²) in [4.78, 5) is 16.0. The van der Waals surface area contributed by atoms with Crippen LogP contribution in [-0.2, 0) is 17.4 Å². The van der Waals surface area contributed by atoms with Gasteiger partial charge in [-0.05, 0) is 41.0 Å². The van der Waals surface area contributed by atoms with Crippen molar-refractivity contribution in [3.8, 4) is 0 Å². The molecule has 0 aliphatic rings. The fourth-order valence-corrected chi connectivity index (χ4v) is 2.17. The molecule has 0 radical (unpaired) electrons. The normalized spacial score (nSPS) is 14.4. The second-order valence-electron chi connectivity index (χ2n) is 7.58. The summed E-state index contributed by atoms with van der Waals surface area (Å²) in [6.45, 7) is 11.2. The Morgan fingerprint density at radius 1 is 1.26 bits per heavy atom. The van der Waals surface area contributed by atoms with Crippen LogP contribution >= 0.6 is 0 Å². The van der Waals surface area contributed by atoms with Gasteiger partial charge in [-0.3, -0.25) is 4.68 Å². The minimum Gasteiger partial charge on any atom is -0.444 e. The first-order chi connectivity index (χ1) is 12.5. The van der Waals surface area contributed by atoms with Gasteiger partial charge in [-0.1, -0.05) is 0 Å². The van der Waals surface area contributed by atoms with Gasteiger partial charge < -0.3 is 25.8 Å². The van der Waals surface area contributed by atoms with Crippen molar-refractivity contribution in [2.24, 2.45) is 12.0 Å². The van der Waals surface area contributed by atoms with Crippen LogP contribution in [0.5, 0.6) is 0 Å². The van der Waals surface area contributed by atoms with Crippen LogP contribution in [0.25, 0.3) is 0 Å². The van der Waals surface area contributed by atoms with Crippen molar-refractivity contribution in [3.63, 3.8) is 0 Å². The van der Waals surface area contributed by atoms with Crippen LogP contribution in [0.3, 0.4) is 0 Å². The lowest BCUT2D eigenvalue weighted by Crippen LogP contribution is -2.40. The smallest absolute Gasteiger partial charge is 0.407 e. The fraction of sp³-hybridized carbons (Fsp3) is 0.722. The molecule has 1 unspecified atom stereocenters. The molecule has 0 aromatic carbocycles. The van der Waals surface area contributed by atoms with E-state index in [0.717, 1.165) is 0 Å². The number of hydrogen-bond acceptors (Lipinski definition) is 5. The molecule has 1 amide bonds. The zero-order valence-electron chi connectivity index (χ0n) is 17.3. The summed E-state index contributed by atoms with van der Waals surface area (Å²) in [5, 5.41) is 23.7. The highest BCUT2D eigenvalue weighted by atomic mass is 16.6. The lowest BCUT2D eigenvalue weighted by atomic mass is 10.0. The number of amides is 1. The third-order valence-corrected chi connectivity index (χ3v) is 3.53. The molecule has 9 heteroatoms. The number of alkyl carbamates (subject to hydrolysis) is 1. The van der Waals surface area contributed by atoms with Gasteiger partial charge in [0.2, 0.25) is 0 Å². The summed E-state index contributed by atoms with van der Waals surface area (Å²) in [5.74, 6) is 0.610. The standard InChI is InChI=1S/C18H34N6O3/c1-7-19-15(20-9-8-10-21-16(25)27-17(2,3)4)22-13-18(5,26)14-11-23-24(6)12-14/h11-12,26H,7-10,13H2,1-6H3,(H,21,25)(H2,19,20,22). The molecule has 1 rings (SSSR count). The average Bonchev–Trinajstić information content (AvgIpc) is 2.98. The molecule has 0 aliphatic carbocycles. The van der Waals surface area contributed by atoms with Crippen LogP contribution in [0.4, 0.5) is 4.79 Å². The number of nitrogens with one attached hydrogen (secondary N) is 3. The Morgan fingerprint density at radius 3 is 2.48 bits per heavy atom. The lowest BCUT2D eigenvalue weighted by Gasteiger charge is -2.21. The van der Waals surface area contributed by atoms with Gasteiger partial charge in [-0.2, -0.15) is 5.10 Å². The van der Waals surface area contributed by atoms with Crippen LogP contribution < -0.4 is 16.0 Å². The van der Waals surface area contributed by atoms with Crippen LogP contribution in [0.1, 0.15) is 46.6 Å². The summed E-state index contributed by atoms with van der Waals surface area (Å²) >= 11 is 0. The van der Waals surface area contributed by atoms with E-state index in [1.807, 2.05) is 27.7 Å². The molecule has 0 saturated heterocycles. The number of nitrogens with zero attached hydrogens (tertiary/aromatic N) is 3. The third-order valence-electron chi connectivity index (χ3n) is 3.53. The van der Waals surface area contributed by atoms with Crippen molar-refractivity contribution in [1.29, 1.82) is 0 Å². The van der Waals surface area contributed by atoms with E-state index in [2.05, 4.69) is 26.0 Å². The molecule has 0 bridgehead atoms. The predicted octanol–water partition coefficient (Wildman–Crippen LogP) is 1.10.